The molecule has 14 heavy (non-hydrogen) atoms. The maximum Gasteiger partial charge on any atom is 0.320 e. The molecule has 0 bridgehead atoms. The fraction of sp³-hybridized carbons (Fsp3) is 0.900. The van der Waals surface area contributed by atoms with Gasteiger partial charge in [0.2, 0.25) is 0 Å². The van der Waals surface area contributed by atoms with Crippen LogP contribution in [0.3, 0.4) is 0 Å². The molecule has 0 aromatic carbocycles. The number of hydrogen-bond donors (Lipinski definition) is 0. The molecular weight excluding hydrogens is 180 g/mol. The lowest BCUT2D eigenvalue weighted by atomic mass is 10.2. The van der Waals surface area contributed by atoms with Crippen molar-refractivity contribution in [2.75, 3.05) is 32.8 Å². The van der Waals surface area contributed by atoms with Crippen LogP contribution in [-0.4, -0.2) is 54.7 Å². The molecule has 0 aliphatic carbocycles. The molecule has 1 saturated heterocycles. The van der Waals surface area contributed by atoms with Crippen LogP contribution in [0.15, 0.2) is 0 Å². The van der Waals surface area contributed by atoms with Gasteiger partial charge in [-0.05, 0) is 20.8 Å². The Hall–Kier alpha value is -0.770. The van der Waals surface area contributed by atoms with Gasteiger partial charge in [0.1, 0.15) is 0 Å². The summed E-state index contributed by atoms with van der Waals surface area (Å²) in [4.78, 5) is 15.7. The Labute approximate surface area is 85.8 Å². The Bertz CT molecular complexity index is 193. The van der Waals surface area contributed by atoms with E-state index in [1.807, 2.05) is 30.6 Å². The van der Waals surface area contributed by atoms with Gasteiger partial charge in [-0.3, -0.25) is 0 Å². The number of rotatable bonds is 2. The summed E-state index contributed by atoms with van der Waals surface area (Å²) in [6.45, 7) is 9.64. The van der Waals surface area contributed by atoms with Gasteiger partial charge in [-0.15, -0.1) is 0 Å². The number of urea groups is 1. The maximum absolute atomic E-state index is 12.0. The predicted octanol–water partition coefficient (Wildman–Crippen LogP) is 1.17. The van der Waals surface area contributed by atoms with Crippen LogP contribution >= 0.6 is 0 Å². The molecule has 0 unspecified atom stereocenters. The molecule has 0 N–H and O–H groups in total. The summed E-state index contributed by atoms with van der Waals surface area (Å²) in [7, 11) is 0. The van der Waals surface area contributed by atoms with Crippen LogP contribution in [0.1, 0.15) is 20.8 Å². The summed E-state index contributed by atoms with van der Waals surface area (Å²) >= 11 is 0. The molecule has 0 aromatic heterocycles. The molecule has 4 nitrogen and oxygen atoms in total. The van der Waals surface area contributed by atoms with Crippen molar-refractivity contribution >= 4 is 6.03 Å². The molecule has 1 rings (SSSR count). The largest absolute Gasteiger partial charge is 0.377 e. The minimum Gasteiger partial charge on any atom is -0.377 e. The highest BCUT2D eigenvalue weighted by molar-refractivity contribution is 5.74. The first-order chi connectivity index (χ1) is 6.70. The van der Waals surface area contributed by atoms with Crippen LogP contribution < -0.4 is 0 Å². The number of amides is 2. The van der Waals surface area contributed by atoms with Gasteiger partial charge in [0.05, 0.1) is 19.3 Å². The van der Waals surface area contributed by atoms with Crippen LogP contribution in [0.25, 0.3) is 0 Å². The van der Waals surface area contributed by atoms with E-state index in [1.165, 1.54) is 0 Å². The SMILES string of the molecule is CCN(CC)C(=O)N1CCOC[C@H]1C. The van der Waals surface area contributed by atoms with Crippen molar-refractivity contribution < 1.29 is 9.53 Å². The lowest BCUT2D eigenvalue weighted by Gasteiger charge is -2.36. The number of morpholine rings is 1. The van der Waals surface area contributed by atoms with Crippen LogP contribution in [0.5, 0.6) is 0 Å². The Morgan fingerprint density at radius 2 is 2.14 bits per heavy atom. The van der Waals surface area contributed by atoms with Gasteiger partial charge in [0.25, 0.3) is 0 Å². The van der Waals surface area contributed by atoms with Crippen LogP contribution in [0.4, 0.5) is 4.79 Å². The number of nitrogens with zero attached hydrogens (tertiary/aromatic N) is 2. The van der Waals surface area contributed by atoms with E-state index in [0.717, 1.165) is 19.6 Å². The molecule has 0 spiro atoms. The standard InChI is InChI=1S/C10H20N2O2/c1-4-11(5-2)10(13)12-6-7-14-8-9(12)3/h9H,4-8H2,1-3H3/t9-/m1/s1. The predicted molar refractivity (Wildman–Crippen MR) is 55.3 cm³/mol. The van der Waals surface area contributed by atoms with E-state index in [1.54, 1.807) is 0 Å². The van der Waals surface area contributed by atoms with Crippen molar-refractivity contribution in [1.82, 2.24) is 9.80 Å². The second kappa shape index (κ2) is 5.20. The summed E-state index contributed by atoms with van der Waals surface area (Å²) in [5.74, 6) is 0. The van der Waals surface area contributed by atoms with Crippen molar-refractivity contribution in [3.63, 3.8) is 0 Å². The van der Waals surface area contributed by atoms with Crippen LogP contribution in [-0.2, 0) is 4.74 Å². The zero-order chi connectivity index (χ0) is 10.6. The summed E-state index contributed by atoms with van der Waals surface area (Å²) in [5.41, 5.74) is 0. The molecule has 82 valence electrons. The fourth-order valence-electron chi connectivity index (χ4n) is 1.69. The van der Waals surface area contributed by atoms with E-state index in [-0.39, 0.29) is 12.1 Å². The van der Waals surface area contributed by atoms with Crippen molar-refractivity contribution in [2.45, 2.75) is 26.8 Å². The highest BCUT2D eigenvalue weighted by atomic mass is 16.5. The Morgan fingerprint density at radius 1 is 1.50 bits per heavy atom. The average molecular weight is 200 g/mol. The Morgan fingerprint density at radius 3 is 2.64 bits per heavy atom. The van der Waals surface area contributed by atoms with E-state index in [4.69, 9.17) is 4.74 Å². The lowest BCUT2D eigenvalue weighted by molar-refractivity contribution is 0.0110. The fourth-order valence-corrected chi connectivity index (χ4v) is 1.69. The summed E-state index contributed by atoms with van der Waals surface area (Å²) in [5, 5.41) is 0. The van der Waals surface area contributed by atoms with E-state index < -0.39 is 0 Å². The molecule has 2 amide bonds. The van der Waals surface area contributed by atoms with Gasteiger partial charge >= 0.3 is 6.03 Å². The molecule has 1 atom stereocenters. The number of carbonyl (C=O) groups excluding carboxylic acids is 1. The van der Waals surface area contributed by atoms with Crippen LogP contribution in [0.2, 0.25) is 0 Å². The van der Waals surface area contributed by atoms with E-state index in [2.05, 4.69) is 0 Å². The number of ether oxygens (including phenoxy) is 1. The molecule has 1 aliphatic rings. The van der Waals surface area contributed by atoms with Gasteiger partial charge in [-0.2, -0.15) is 0 Å². The van der Waals surface area contributed by atoms with Gasteiger partial charge < -0.3 is 14.5 Å². The molecule has 1 fully saturated rings. The minimum atomic E-state index is 0.144. The van der Waals surface area contributed by atoms with Crippen molar-refractivity contribution in [2.24, 2.45) is 0 Å². The molecule has 4 heteroatoms. The highest BCUT2D eigenvalue weighted by Crippen LogP contribution is 2.09. The monoisotopic (exact) mass is 200 g/mol. The summed E-state index contributed by atoms with van der Waals surface area (Å²) < 4.78 is 5.30. The first-order valence-electron chi connectivity index (χ1n) is 5.34. The van der Waals surface area contributed by atoms with E-state index >= 15 is 0 Å². The third-order valence-electron chi connectivity index (χ3n) is 2.65. The van der Waals surface area contributed by atoms with Gasteiger partial charge in [-0.25, -0.2) is 4.79 Å². The van der Waals surface area contributed by atoms with Gasteiger partial charge in [-0.1, -0.05) is 0 Å². The first kappa shape index (κ1) is 11.3. The normalized spacial score (nSPS) is 22.2. The summed E-state index contributed by atoms with van der Waals surface area (Å²) in [6.07, 6.45) is 0. The van der Waals surface area contributed by atoms with Crippen LogP contribution in [0, 0.1) is 0 Å². The zero-order valence-corrected chi connectivity index (χ0v) is 9.32. The minimum absolute atomic E-state index is 0.144. The molecule has 1 heterocycles. The smallest absolute Gasteiger partial charge is 0.320 e. The van der Waals surface area contributed by atoms with E-state index in [0.29, 0.717) is 13.2 Å². The number of carbonyl (C=O) groups is 1. The highest BCUT2D eigenvalue weighted by Gasteiger charge is 2.26. The molecule has 0 saturated carbocycles. The summed E-state index contributed by atoms with van der Waals surface area (Å²) in [6, 6.07) is 0.350. The van der Waals surface area contributed by atoms with Crippen molar-refractivity contribution in [3.05, 3.63) is 0 Å². The second-order valence-corrected chi connectivity index (χ2v) is 3.57. The molecular formula is C10H20N2O2. The average Bonchev–Trinajstić information content (AvgIpc) is 2.20. The molecule has 0 aromatic rings. The quantitative estimate of drug-likeness (QED) is 0.670. The van der Waals surface area contributed by atoms with Gasteiger partial charge in [0.15, 0.2) is 0 Å². The zero-order valence-electron chi connectivity index (χ0n) is 9.32. The van der Waals surface area contributed by atoms with E-state index in [9.17, 15) is 4.79 Å². The van der Waals surface area contributed by atoms with Crippen molar-refractivity contribution in [3.8, 4) is 0 Å². The third-order valence-corrected chi connectivity index (χ3v) is 2.65. The van der Waals surface area contributed by atoms with Gasteiger partial charge in [0, 0.05) is 19.6 Å². The maximum atomic E-state index is 12.0. The topological polar surface area (TPSA) is 32.8 Å². The number of hydrogen-bond acceptors (Lipinski definition) is 2. The van der Waals surface area contributed by atoms with Crippen molar-refractivity contribution in [1.29, 1.82) is 0 Å². The third kappa shape index (κ3) is 2.38. The molecule has 0 radical (unpaired) electrons. The Balaban J connectivity index is 2.57. The lowest BCUT2D eigenvalue weighted by Crippen LogP contribution is -2.52. The first-order valence-corrected chi connectivity index (χ1v) is 5.34. The Kier molecular flexibility index (Phi) is 4.20. The molecule has 1 aliphatic heterocycles. The second-order valence-electron chi connectivity index (χ2n) is 3.57.